The van der Waals surface area contributed by atoms with Crippen molar-refractivity contribution in [3.05, 3.63) is 176 Å². The quantitative estimate of drug-likeness (QED) is 0.208. The van der Waals surface area contributed by atoms with Gasteiger partial charge in [0.2, 0.25) is 0 Å². The first-order valence-corrected chi connectivity index (χ1v) is 13.7. The van der Waals surface area contributed by atoms with Gasteiger partial charge in [-0.25, -0.2) is 0 Å². The highest BCUT2D eigenvalue weighted by Gasteiger charge is 2.14. The van der Waals surface area contributed by atoms with Crippen molar-refractivity contribution < 1.29 is 5.48 Å². The van der Waals surface area contributed by atoms with Crippen LogP contribution < -0.4 is 4.90 Å². The maximum absolute atomic E-state index is 9.48. The van der Waals surface area contributed by atoms with Crippen LogP contribution in [0, 0.1) is 0 Å². The molecular weight excluding hydrogens is 494 g/mol. The summed E-state index contributed by atoms with van der Waals surface area (Å²) >= 11 is 0. The van der Waals surface area contributed by atoms with Gasteiger partial charge in [0.1, 0.15) is 0 Å². The standard InChI is InChI=1S/C40H29N/c1-3-12-30(13-4-1)33-16-9-17-34(28-33)31-24-26-37(27-25-31)41(36-19-5-2-6-20-36)38-21-10-18-35(29-38)40-23-11-15-32-14-7-8-22-39(32)40/h1-29H/i10D,18D,21D,29D. The van der Waals surface area contributed by atoms with Crippen LogP contribution in [0.1, 0.15) is 5.48 Å². The topological polar surface area (TPSA) is 3.24 Å². The summed E-state index contributed by atoms with van der Waals surface area (Å²) in [4.78, 5) is 1.86. The van der Waals surface area contributed by atoms with Crippen molar-refractivity contribution in [1.82, 2.24) is 0 Å². The van der Waals surface area contributed by atoms with E-state index in [4.69, 9.17) is 4.11 Å². The number of benzene rings is 7. The maximum atomic E-state index is 9.48. The van der Waals surface area contributed by atoms with Crippen LogP contribution in [-0.4, -0.2) is 0 Å². The zero-order chi connectivity index (χ0) is 30.9. The molecule has 0 saturated heterocycles. The van der Waals surface area contributed by atoms with Crippen molar-refractivity contribution in [3.63, 3.8) is 0 Å². The minimum Gasteiger partial charge on any atom is -0.310 e. The SMILES string of the molecule is [2H]c1c([2H])c(-c2cccc3ccccc23)c([2H])c(N(c2ccccc2)c2ccc(-c3cccc(-c4ccccc4)c3)cc2)c1[2H]. The fourth-order valence-electron chi connectivity index (χ4n) is 5.32. The molecule has 0 spiro atoms. The maximum Gasteiger partial charge on any atom is 0.0651 e. The van der Waals surface area contributed by atoms with Crippen LogP contribution in [0.25, 0.3) is 44.2 Å². The Morgan fingerprint density at radius 3 is 1.78 bits per heavy atom. The number of hydrogen-bond donors (Lipinski definition) is 0. The van der Waals surface area contributed by atoms with Crippen LogP contribution in [0.4, 0.5) is 17.1 Å². The second-order valence-corrected chi connectivity index (χ2v) is 9.91. The van der Waals surface area contributed by atoms with Gasteiger partial charge in [-0.1, -0.05) is 133 Å². The third-order valence-electron chi connectivity index (χ3n) is 7.34. The second kappa shape index (κ2) is 11.0. The molecule has 0 bridgehead atoms. The molecule has 194 valence electrons. The van der Waals surface area contributed by atoms with Crippen molar-refractivity contribution in [2.24, 2.45) is 0 Å². The monoisotopic (exact) mass is 527 g/mol. The van der Waals surface area contributed by atoms with Gasteiger partial charge in [-0.05, 0) is 86.6 Å². The Kier molecular flexibility index (Phi) is 5.50. The zero-order valence-electron chi connectivity index (χ0n) is 26.4. The molecule has 0 aliphatic rings. The van der Waals surface area contributed by atoms with Crippen LogP contribution >= 0.6 is 0 Å². The van der Waals surface area contributed by atoms with Gasteiger partial charge >= 0.3 is 0 Å². The van der Waals surface area contributed by atoms with Gasteiger partial charge < -0.3 is 4.90 Å². The molecule has 7 aromatic rings. The molecule has 7 aromatic carbocycles. The van der Waals surface area contributed by atoms with Crippen molar-refractivity contribution in [3.8, 4) is 33.4 Å². The highest BCUT2D eigenvalue weighted by atomic mass is 15.1. The number of rotatable bonds is 6. The number of hydrogen-bond acceptors (Lipinski definition) is 1. The van der Waals surface area contributed by atoms with Crippen molar-refractivity contribution in [1.29, 1.82) is 0 Å². The summed E-state index contributed by atoms with van der Waals surface area (Å²) in [7, 11) is 0. The summed E-state index contributed by atoms with van der Waals surface area (Å²) in [5.74, 6) is 0. The summed E-state index contributed by atoms with van der Waals surface area (Å²) in [6.45, 7) is 0. The van der Waals surface area contributed by atoms with Crippen molar-refractivity contribution >= 4 is 27.8 Å². The average Bonchev–Trinajstić information content (AvgIpc) is 3.10. The lowest BCUT2D eigenvalue weighted by atomic mass is 9.97. The third kappa shape index (κ3) is 5.02. The smallest absolute Gasteiger partial charge is 0.0651 e. The highest BCUT2D eigenvalue weighted by molar-refractivity contribution is 5.97. The Bertz CT molecular complexity index is 2140. The van der Waals surface area contributed by atoms with E-state index >= 15 is 0 Å². The molecule has 0 aliphatic carbocycles. The van der Waals surface area contributed by atoms with Gasteiger partial charge in [-0.2, -0.15) is 0 Å². The van der Waals surface area contributed by atoms with Crippen molar-refractivity contribution in [2.45, 2.75) is 0 Å². The normalized spacial score (nSPS) is 12.3. The van der Waals surface area contributed by atoms with Crippen LogP contribution in [0.5, 0.6) is 0 Å². The van der Waals surface area contributed by atoms with E-state index < -0.39 is 0 Å². The van der Waals surface area contributed by atoms with E-state index in [0.29, 0.717) is 11.1 Å². The minimum atomic E-state index is -0.209. The summed E-state index contributed by atoms with van der Waals surface area (Å²) in [6.07, 6.45) is 0. The molecule has 0 N–H and O–H groups in total. The van der Waals surface area contributed by atoms with Gasteiger partial charge in [-0.3, -0.25) is 0 Å². The molecule has 0 saturated carbocycles. The number of anilines is 3. The Morgan fingerprint density at radius 1 is 0.415 bits per heavy atom. The number of fused-ring (bicyclic) bond motifs is 1. The number of nitrogens with zero attached hydrogens (tertiary/aromatic N) is 1. The predicted octanol–water partition coefficient (Wildman–Crippen LogP) is 11.3. The van der Waals surface area contributed by atoms with Gasteiger partial charge in [0.25, 0.3) is 0 Å². The van der Waals surface area contributed by atoms with Crippen LogP contribution in [-0.2, 0) is 0 Å². The predicted molar refractivity (Wildman–Crippen MR) is 175 cm³/mol. The Morgan fingerprint density at radius 2 is 1.00 bits per heavy atom. The summed E-state index contributed by atoms with van der Waals surface area (Å²) in [5, 5.41) is 1.89. The second-order valence-electron chi connectivity index (χ2n) is 9.91. The molecule has 1 nitrogen and oxygen atoms in total. The Balaban J connectivity index is 1.38. The molecule has 0 unspecified atom stereocenters. The van der Waals surface area contributed by atoms with Crippen molar-refractivity contribution in [2.75, 3.05) is 4.90 Å². The van der Waals surface area contributed by atoms with Gasteiger partial charge in [0, 0.05) is 17.1 Å². The van der Waals surface area contributed by atoms with Gasteiger partial charge in [0.15, 0.2) is 0 Å². The molecule has 41 heavy (non-hydrogen) atoms. The average molecular weight is 528 g/mol. The zero-order valence-corrected chi connectivity index (χ0v) is 22.4. The van der Waals surface area contributed by atoms with E-state index in [1.165, 1.54) is 0 Å². The first-order chi connectivity index (χ1) is 22.0. The van der Waals surface area contributed by atoms with E-state index in [2.05, 4.69) is 48.5 Å². The van der Waals surface area contributed by atoms with Crippen LogP contribution in [0.2, 0.25) is 0 Å². The largest absolute Gasteiger partial charge is 0.310 e. The van der Waals surface area contributed by atoms with E-state index in [1.54, 1.807) is 0 Å². The molecule has 0 heterocycles. The lowest BCUT2D eigenvalue weighted by molar-refractivity contribution is 1.28. The molecule has 0 amide bonds. The minimum absolute atomic E-state index is 0.0424. The highest BCUT2D eigenvalue weighted by Crippen LogP contribution is 2.38. The summed E-state index contributed by atoms with van der Waals surface area (Å²) in [6, 6.07) is 49.7. The van der Waals surface area contributed by atoms with E-state index in [1.807, 2.05) is 108 Å². The fraction of sp³-hybridized carbons (Fsp3) is 0. The first kappa shape index (κ1) is 20.5. The fourth-order valence-corrected chi connectivity index (χ4v) is 5.32. The third-order valence-corrected chi connectivity index (χ3v) is 7.34. The lowest BCUT2D eigenvalue weighted by Crippen LogP contribution is -2.09. The summed E-state index contributed by atoms with van der Waals surface area (Å²) in [5.41, 5.74) is 7.26. The molecular formula is C40H29N. The summed E-state index contributed by atoms with van der Waals surface area (Å²) < 4.78 is 36.3. The van der Waals surface area contributed by atoms with Gasteiger partial charge in [0.05, 0.1) is 5.48 Å². The van der Waals surface area contributed by atoms with Gasteiger partial charge in [-0.15, -0.1) is 0 Å². The Hall–Kier alpha value is -5.40. The molecule has 0 aromatic heterocycles. The molecule has 7 rings (SSSR count). The molecule has 0 fully saturated rings. The molecule has 0 atom stereocenters. The van der Waals surface area contributed by atoms with Crippen LogP contribution in [0.15, 0.2) is 176 Å². The molecule has 0 radical (unpaired) electrons. The van der Waals surface area contributed by atoms with E-state index in [-0.39, 0.29) is 29.9 Å². The van der Waals surface area contributed by atoms with E-state index in [9.17, 15) is 1.37 Å². The molecule has 1 heteroatoms. The molecule has 0 aliphatic heterocycles. The van der Waals surface area contributed by atoms with E-state index in [0.717, 1.165) is 44.4 Å². The number of para-hydroxylation sites is 1. The Labute approximate surface area is 247 Å². The first-order valence-electron chi connectivity index (χ1n) is 15.7. The lowest BCUT2D eigenvalue weighted by Gasteiger charge is -2.26. The van der Waals surface area contributed by atoms with Crippen LogP contribution in [0.3, 0.4) is 0 Å².